The van der Waals surface area contributed by atoms with Crippen LogP contribution in [0, 0.1) is 0 Å². The molecule has 0 aliphatic carbocycles. The summed E-state index contributed by atoms with van der Waals surface area (Å²) in [5.41, 5.74) is 4.08. The van der Waals surface area contributed by atoms with E-state index >= 15 is 0 Å². The molecule has 1 aromatic heterocycles. The Morgan fingerprint density at radius 1 is 1.41 bits per heavy atom. The molecule has 1 N–H and O–H groups in total. The number of aromatic nitrogens is 2. The second-order valence-electron chi connectivity index (χ2n) is 4.42. The van der Waals surface area contributed by atoms with Gasteiger partial charge in [0.05, 0.1) is 6.33 Å². The summed E-state index contributed by atoms with van der Waals surface area (Å²) in [6.07, 6.45) is 4.77. The first kappa shape index (κ1) is 11.0. The van der Waals surface area contributed by atoms with Crippen LogP contribution < -0.4 is 0 Å². The van der Waals surface area contributed by atoms with E-state index in [0.29, 0.717) is 0 Å². The van der Waals surface area contributed by atoms with Crippen LogP contribution in [0.3, 0.4) is 0 Å². The van der Waals surface area contributed by atoms with Crippen molar-refractivity contribution in [2.45, 2.75) is 19.5 Å². The van der Waals surface area contributed by atoms with Gasteiger partial charge in [0.1, 0.15) is 0 Å². The van der Waals surface area contributed by atoms with Crippen LogP contribution in [0.2, 0.25) is 0 Å². The number of benzene rings is 1. The fourth-order valence-electron chi connectivity index (χ4n) is 2.34. The van der Waals surface area contributed by atoms with Crippen molar-refractivity contribution in [1.82, 2.24) is 14.9 Å². The van der Waals surface area contributed by atoms with E-state index in [1.807, 2.05) is 6.20 Å². The van der Waals surface area contributed by atoms with Gasteiger partial charge in [0.15, 0.2) is 0 Å². The molecule has 0 saturated heterocycles. The number of nitrogens with zero attached hydrogens (tertiary/aromatic N) is 2. The Morgan fingerprint density at radius 2 is 2.35 bits per heavy atom. The highest BCUT2D eigenvalue weighted by Gasteiger charge is 2.18. The Kier molecular flexibility index (Phi) is 2.99. The number of fused-ring (bicyclic) bond motifs is 1. The molecule has 0 atom stereocenters. The van der Waals surface area contributed by atoms with Gasteiger partial charge < -0.3 is 4.98 Å². The smallest absolute Gasteiger partial charge is 0.0922 e. The molecular weight excluding hydrogens is 278 g/mol. The number of nitrogens with one attached hydrogen (secondary N) is 1. The molecule has 88 valence electrons. The Balaban J connectivity index is 1.78. The normalized spacial score (nSPS) is 15.8. The lowest BCUT2D eigenvalue weighted by Gasteiger charge is -2.28. The standard InChI is InChI=1S/C13H14BrN3/c14-13-3-1-2-10-4-5-17(8-12(10)13)7-11-6-15-9-16-11/h1-3,6,9H,4-5,7-8H2,(H,15,16). The van der Waals surface area contributed by atoms with Crippen LogP contribution in [0.1, 0.15) is 16.8 Å². The molecule has 3 nitrogen and oxygen atoms in total. The molecule has 3 rings (SSSR count). The summed E-state index contributed by atoms with van der Waals surface area (Å²) in [4.78, 5) is 9.66. The largest absolute Gasteiger partial charge is 0.347 e. The van der Waals surface area contributed by atoms with Crippen molar-refractivity contribution >= 4 is 15.9 Å². The van der Waals surface area contributed by atoms with Crippen LogP contribution in [0.4, 0.5) is 0 Å². The van der Waals surface area contributed by atoms with Gasteiger partial charge in [-0.2, -0.15) is 0 Å². The summed E-state index contributed by atoms with van der Waals surface area (Å²) in [5, 5.41) is 0. The number of halogens is 1. The maximum Gasteiger partial charge on any atom is 0.0922 e. The molecule has 0 saturated carbocycles. The average Bonchev–Trinajstić information content (AvgIpc) is 2.83. The maximum absolute atomic E-state index is 4.06. The van der Waals surface area contributed by atoms with Gasteiger partial charge in [-0.25, -0.2) is 4.98 Å². The summed E-state index contributed by atoms with van der Waals surface area (Å²) in [6, 6.07) is 6.47. The summed E-state index contributed by atoms with van der Waals surface area (Å²) in [6.45, 7) is 3.07. The monoisotopic (exact) mass is 291 g/mol. The molecule has 0 radical (unpaired) electrons. The number of hydrogen-bond acceptors (Lipinski definition) is 2. The molecule has 4 heteroatoms. The van der Waals surface area contributed by atoms with Crippen molar-refractivity contribution in [3.63, 3.8) is 0 Å². The van der Waals surface area contributed by atoms with Crippen LogP contribution >= 0.6 is 15.9 Å². The van der Waals surface area contributed by atoms with E-state index in [2.05, 4.69) is 49.0 Å². The van der Waals surface area contributed by atoms with Crippen LogP contribution in [0.15, 0.2) is 35.2 Å². The molecule has 1 aliphatic heterocycles. The molecule has 1 aromatic carbocycles. The third-order valence-electron chi connectivity index (χ3n) is 3.24. The maximum atomic E-state index is 4.06. The fraction of sp³-hybridized carbons (Fsp3) is 0.308. The van der Waals surface area contributed by atoms with E-state index in [4.69, 9.17) is 0 Å². The second kappa shape index (κ2) is 4.63. The number of aromatic amines is 1. The topological polar surface area (TPSA) is 31.9 Å². The van der Waals surface area contributed by atoms with Gasteiger partial charge in [-0.3, -0.25) is 4.90 Å². The third-order valence-corrected chi connectivity index (χ3v) is 3.99. The Hall–Kier alpha value is -1.13. The Bertz CT molecular complexity index is 507. The van der Waals surface area contributed by atoms with Gasteiger partial charge in [-0.05, 0) is 23.6 Å². The van der Waals surface area contributed by atoms with Crippen molar-refractivity contribution in [1.29, 1.82) is 0 Å². The molecule has 0 unspecified atom stereocenters. The Morgan fingerprint density at radius 3 is 3.18 bits per heavy atom. The van der Waals surface area contributed by atoms with Gasteiger partial charge in [0.25, 0.3) is 0 Å². The van der Waals surface area contributed by atoms with Crippen LogP contribution in [0.5, 0.6) is 0 Å². The zero-order valence-corrected chi connectivity index (χ0v) is 11.1. The third kappa shape index (κ3) is 2.28. The molecule has 0 fully saturated rings. The highest BCUT2D eigenvalue weighted by Crippen LogP contribution is 2.26. The molecule has 0 spiro atoms. The minimum Gasteiger partial charge on any atom is -0.347 e. The van der Waals surface area contributed by atoms with Crippen LogP contribution in [-0.4, -0.2) is 21.4 Å². The number of H-pyrrole nitrogens is 1. The van der Waals surface area contributed by atoms with Gasteiger partial charge in [-0.1, -0.05) is 28.1 Å². The van der Waals surface area contributed by atoms with Crippen molar-refractivity contribution < 1.29 is 0 Å². The number of imidazole rings is 1. The van der Waals surface area contributed by atoms with Gasteiger partial charge in [0, 0.05) is 36.0 Å². The zero-order chi connectivity index (χ0) is 11.7. The van der Waals surface area contributed by atoms with Crippen LogP contribution in [0.25, 0.3) is 0 Å². The fourth-order valence-corrected chi connectivity index (χ4v) is 2.88. The zero-order valence-electron chi connectivity index (χ0n) is 9.49. The lowest BCUT2D eigenvalue weighted by Crippen LogP contribution is -2.30. The predicted octanol–water partition coefficient (Wildman–Crippen LogP) is 2.73. The first-order valence-electron chi connectivity index (χ1n) is 5.79. The SMILES string of the molecule is Brc1cccc2c1CN(Cc1cnc[nH]1)CC2. The summed E-state index contributed by atoms with van der Waals surface area (Å²) >= 11 is 3.64. The minimum atomic E-state index is 0.945. The lowest BCUT2D eigenvalue weighted by molar-refractivity contribution is 0.242. The van der Waals surface area contributed by atoms with Gasteiger partial charge in [-0.15, -0.1) is 0 Å². The highest BCUT2D eigenvalue weighted by molar-refractivity contribution is 9.10. The molecule has 17 heavy (non-hydrogen) atoms. The molecule has 0 bridgehead atoms. The molecular formula is C13H14BrN3. The molecule has 2 heterocycles. The van der Waals surface area contributed by atoms with E-state index in [9.17, 15) is 0 Å². The van der Waals surface area contributed by atoms with Crippen molar-refractivity contribution in [2.24, 2.45) is 0 Å². The van der Waals surface area contributed by atoms with Gasteiger partial charge in [0.2, 0.25) is 0 Å². The van der Waals surface area contributed by atoms with Crippen LogP contribution in [-0.2, 0) is 19.5 Å². The first-order chi connectivity index (χ1) is 8.33. The van der Waals surface area contributed by atoms with E-state index in [1.165, 1.54) is 21.3 Å². The molecule has 2 aromatic rings. The van der Waals surface area contributed by atoms with E-state index in [-0.39, 0.29) is 0 Å². The summed E-state index contributed by atoms with van der Waals surface area (Å²) in [7, 11) is 0. The Labute approximate surface area is 109 Å². The van der Waals surface area contributed by atoms with E-state index in [1.54, 1.807) is 6.33 Å². The minimum absolute atomic E-state index is 0.945. The molecule has 0 amide bonds. The first-order valence-corrected chi connectivity index (χ1v) is 6.58. The van der Waals surface area contributed by atoms with Gasteiger partial charge >= 0.3 is 0 Å². The summed E-state index contributed by atoms with van der Waals surface area (Å²) in [5.74, 6) is 0. The predicted molar refractivity (Wildman–Crippen MR) is 70.5 cm³/mol. The van der Waals surface area contributed by atoms with Crippen molar-refractivity contribution in [3.8, 4) is 0 Å². The average molecular weight is 292 g/mol. The second-order valence-corrected chi connectivity index (χ2v) is 5.27. The quantitative estimate of drug-likeness (QED) is 0.923. The number of rotatable bonds is 2. The van der Waals surface area contributed by atoms with E-state index in [0.717, 1.165) is 26.1 Å². The van der Waals surface area contributed by atoms with E-state index < -0.39 is 0 Å². The molecule has 1 aliphatic rings. The van der Waals surface area contributed by atoms with Crippen molar-refractivity contribution in [2.75, 3.05) is 6.54 Å². The number of hydrogen-bond donors (Lipinski definition) is 1. The highest BCUT2D eigenvalue weighted by atomic mass is 79.9. The lowest BCUT2D eigenvalue weighted by atomic mass is 10.00. The summed E-state index contributed by atoms with van der Waals surface area (Å²) < 4.78 is 1.23. The van der Waals surface area contributed by atoms with Crippen molar-refractivity contribution in [3.05, 3.63) is 52.0 Å².